The van der Waals surface area contributed by atoms with E-state index in [2.05, 4.69) is 5.16 Å². The zero-order valence-corrected chi connectivity index (χ0v) is 15.8. The first-order valence-electron chi connectivity index (χ1n) is 7.70. The highest BCUT2D eigenvalue weighted by Crippen LogP contribution is 2.44. The van der Waals surface area contributed by atoms with Gasteiger partial charge in [0, 0.05) is 24.0 Å². The average molecular weight is 421 g/mol. The van der Waals surface area contributed by atoms with E-state index in [4.69, 9.17) is 4.52 Å². The fraction of sp³-hybridized carbons (Fsp3) is 0.375. The van der Waals surface area contributed by atoms with Crippen molar-refractivity contribution in [1.82, 2.24) is 5.16 Å². The van der Waals surface area contributed by atoms with Gasteiger partial charge in [-0.3, -0.25) is 9.00 Å². The number of benzene rings is 1. The summed E-state index contributed by atoms with van der Waals surface area (Å²) in [5.74, 6) is -0.799. The van der Waals surface area contributed by atoms with Crippen LogP contribution in [0, 0.1) is 0 Å². The Balaban J connectivity index is 2.22. The van der Waals surface area contributed by atoms with Crippen LogP contribution in [-0.4, -0.2) is 36.1 Å². The van der Waals surface area contributed by atoms with E-state index in [1.807, 2.05) is 0 Å². The minimum atomic E-state index is -4.77. The molecule has 6 nitrogen and oxygen atoms in total. The summed E-state index contributed by atoms with van der Waals surface area (Å²) < 4.78 is 80.0. The molecule has 0 bridgehead atoms. The first-order valence-corrected chi connectivity index (χ1v) is 11.1. The van der Waals surface area contributed by atoms with Crippen LogP contribution in [0.15, 0.2) is 32.6 Å². The van der Waals surface area contributed by atoms with Crippen molar-refractivity contribution in [2.75, 3.05) is 12.5 Å². The Kier molecular flexibility index (Phi) is 4.79. The van der Waals surface area contributed by atoms with Crippen molar-refractivity contribution in [1.29, 1.82) is 0 Å². The van der Waals surface area contributed by atoms with Gasteiger partial charge < -0.3 is 4.52 Å². The molecule has 0 N–H and O–H groups in total. The minimum Gasteiger partial charge on any atom is -0.359 e. The van der Waals surface area contributed by atoms with Gasteiger partial charge in [-0.25, -0.2) is 8.42 Å². The number of aromatic nitrogens is 1. The zero-order valence-electron chi connectivity index (χ0n) is 14.2. The molecule has 11 heteroatoms. The standard InChI is InChI=1S/C16H14F3NO5S2/c1-26(22)15-12(14(25-20-15)8-3-4-8)13(21)10-6-5-9(16(17,18)19)7-11(10)27(2,23)24/h5-8H,3-4H2,1-2H3. The first kappa shape index (κ1) is 19.7. The van der Waals surface area contributed by atoms with Crippen LogP contribution in [0.25, 0.3) is 0 Å². The molecule has 146 valence electrons. The quantitative estimate of drug-likeness (QED) is 0.689. The summed E-state index contributed by atoms with van der Waals surface area (Å²) in [5.41, 5.74) is -1.77. The number of nitrogens with zero attached hydrogens (tertiary/aromatic N) is 1. The summed E-state index contributed by atoms with van der Waals surface area (Å²) in [5, 5.41) is 3.50. The molecule has 0 saturated heterocycles. The average Bonchev–Trinajstić information content (AvgIpc) is 3.30. The molecule has 2 aromatic rings. The Morgan fingerprint density at radius 2 is 1.93 bits per heavy atom. The van der Waals surface area contributed by atoms with E-state index in [9.17, 15) is 30.6 Å². The molecule has 0 radical (unpaired) electrons. The van der Waals surface area contributed by atoms with Gasteiger partial charge in [0.2, 0.25) is 5.78 Å². The minimum absolute atomic E-state index is 0.107. The Hall–Kier alpha value is -2.01. The molecule has 1 aliphatic carbocycles. The highest BCUT2D eigenvalue weighted by Gasteiger charge is 2.38. The molecule has 1 unspecified atom stereocenters. The van der Waals surface area contributed by atoms with Crippen molar-refractivity contribution in [3.05, 3.63) is 40.6 Å². The van der Waals surface area contributed by atoms with Gasteiger partial charge in [0.05, 0.1) is 21.3 Å². The molecule has 1 saturated carbocycles. The number of ketones is 1. The Bertz CT molecular complexity index is 1050. The monoisotopic (exact) mass is 421 g/mol. The number of rotatable bonds is 5. The molecule has 27 heavy (non-hydrogen) atoms. The smallest absolute Gasteiger partial charge is 0.359 e. The van der Waals surface area contributed by atoms with Gasteiger partial charge in [-0.2, -0.15) is 13.2 Å². The second kappa shape index (κ2) is 6.55. The predicted molar refractivity (Wildman–Crippen MR) is 88.8 cm³/mol. The van der Waals surface area contributed by atoms with Crippen molar-refractivity contribution >= 4 is 26.4 Å². The van der Waals surface area contributed by atoms with Gasteiger partial charge in [0.25, 0.3) is 0 Å². The topological polar surface area (TPSA) is 94.3 Å². The predicted octanol–water partition coefficient (Wildman–Crippen LogP) is 2.94. The summed E-state index contributed by atoms with van der Waals surface area (Å²) in [4.78, 5) is 12.3. The SMILES string of the molecule is CS(=O)c1noc(C2CC2)c1C(=O)c1ccc(C(F)(F)F)cc1S(C)(=O)=O. The van der Waals surface area contributed by atoms with Gasteiger partial charge in [-0.15, -0.1) is 0 Å². The van der Waals surface area contributed by atoms with E-state index in [1.165, 1.54) is 6.26 Å². The normalized spacial score (nSPS) is 16.3. The highest BCUT2D eigenvalue weighted by atomic mass is 32.2. The molecule has 1 aliphatic rings. The van der Waals surface area contributed by atoms with Crippen LogP contribution in [0.4, 0.5) is 13.2 Å². The van der Waals surface area contributed by atoms with Crippen LogP contribution in [0.5, 0.6) is 0 Å². The van der Waals surface area contributed by atoms with E-state index in [0.717, 1.165) is 18.9 Å². The Labute approximate surface area is 155 Å². The van der Waals surface area contributed by atoms with Gasteiger partial charge in [0.1, 0.15) is 5.56 Å². The van der Waals surface area contributed by atoms with E-state index in [-0.39, 0.29) is 22.3 Å². The lowest BCUT2D eigenvalue weighted by atomic mass is 10.0. The van der Waals surface area contributed by atoms with Gasteiger partial charge >= 0.3 is 6.18 Å². The Morgan fingerprint density at radius 1 is 1.30 bits per heavy atom. The maximum absolute atomic E-state index is 13.0. The fourth-order valence-corrected chi connectivity index (χ4v) is 4.17. The molecule has 0 aliphatic heterocycles. The molecule has 0 amide bonds. The van der Waals surface area contributed by atoms with Crippen LogP contribution in [-0.2, 0) is 26.8 Å². The summed E-state index contributed by atoms with van der Waals surface area (Å²) in [7, 11) is -5.85. The number of sulfone groups is 1. The van der Waals surface area contributed by atoms with Crippen LogP contribution >= 0.6 is 0 Å². The second-order valence-corrected chi connectivity index (χ2v) is 9.54. The lowest BCUT2D eigenvalue weighted by Crippen LogP contribution is -2.15. The maximum Gasteiger partial charge on any atom is 0.416 e. The summed E-state index contributed by atoms with van der Waals surface area (Å²) in [6.45, 7) is 0. The van der Waals surface area contributed by atoms with E-state index >= 15 is 0 Å². The highest BCUT2D eigenvalue weighted by molar-refractivity contribution is 7.90. The van der Waals surface area contributed by atoms with Gasteiger partial charge in [-0.1, -0.05) is 5.16 Å². The van der Waals surface area contributed by atoms with E-state index < -0.39 is 48.6 Å². The van der Waals surface area contributed by atoms with Crippen molar-refractivity contribution < 1.29 is 35.1 Å². The fourth-order valence-electron chi connectivity index (χ4n) is 2.64. The molecule has 1 aromatic carbocycles. The number of carbonyl (C=O) groups excluding carboxylic acids is 1. The number of alkyl halides is 3. The van der Waals surface area contributed by atoms with Crippen LogP contribution in [0.3, 0.4) is 0 Å². The summed E-state index contributed by atoms with van der Waals surface area (Å²) >= 11 is 0. The number of carbonyl (C=O) groups is 1. The second-order valence-electron chi connectivity index (χ2n) is 6.27. The van der Waals surface area contributed by atoms with Crippen molar-refractivity contribution in [2.45, 2.75) is 34.9 Å². The largest absolute Gasteiger partial charge is 0.416 e. The van der Waals surface area contributed by atoms with Crippen molar-refractivity contribution in [3.63, 3.8) is 0 Å². The molecular formula is C16H14F3NO5S2. The molecule has 1 heterocycles. The van der Waals surface area contributed by atoms with E-state index in [1.54, 1.807) is 0 Å². The third-order valence-electron chi connectivity index (χ3n) is 4.09. The summed E-state index contributed by atoms with van der Waals surface area (Å²) in [6.07, 6.45) is -1.34. The molecule has 1 atom stereocenters. The zero-order chi connectivity index (χ0) is 20.1. The van der Waals surface area contributed by atoms with Crippen molar-refractivity contribution in [2.24, 2.45) is 0 Å². The third-order valence-corrected chi connectivity index (χ3v) is 6.05. The third kappa shape index (κ3) is 3.84. The molecule has 0 spiro atoms. The number of hydrogen-bond donors (Lipinski definition) is 0. The first-order chi connectivity index (χ1) is 12.4. The Morgan fingerprint density at radius 3 is 2.41 bits per heavy atom. The number of hydrogen-bond acceptors (Lipinski definition) is 6. The van der Waals surface area contributed by atoms with Crippen LogP contribution < -0.4 is 0 Å². The number of halogens is 3. The molecule has 3 rings (SSSR count). The van der Waals surface area contributed by atoms with Crippen LogP contribution in [0.1, 0.15) is 46.0 Å². The van der Waals surface area contributed by atoms with Gasteiger partial charge in [0.15, 0.2) is 20.6 Å². The summed E-state index contributed by atoms with van der Waals surface area (Å²) in [6, 6.07) is 1.87. The van der Waals surface area contributed by atoms with Gasteiger partial charge in [-0.05, 0) is 31.0 Å². The van der Waals surface area contributed by atoms with E-state index in [0.29, 0.717) is 18.4 Å². The lowest BCUT2D eigenvalue weighted by Gasteiger charge is -2.12. The maximum atomic E-state index is 13.0. The van der Waals surface area contributed by atoms with Crippen molar-refractivity contribution in [3.8, 4) is 0 Å². The molecule has 1 aromatic heterocycles. The molecule has 1 fully saturated rings. The lowest BCUT2D eigenvalue weighted by molar-refractivity contribution is -0.137. The molecular weight excluding hydrogens is 407 g/mol. The van der Waals surface area contributed by atoms with Crippen LogP contribution in [0.2, 0.25) is 0 Å².